The molecule has 0 saturated heterocycles. The highest BCUT2D eigenvalue weighted by molar-refractivity contribution is 7.99. The molecule has 0 aliphatic carbocycles. The summed E-state index contributed by atoms with van der Waals surface area (Å²) >= 11 is 1.27. The molecular formula is C16H21N5O3S. The second-order valence-corrected chi connectivity index (χ2v) is 6.52. The van der Waals surface area contributed by atoms with Gasteiger partial charge in [0.05, 0.1) is 10.7 Å². The predicted molar refractivity (Wildman–Crippen MR) is 96.7 cm³/mol. The van der Waals surface area contributed by atoms with Gasteiger partial charge in [0.25, 0.3) is 5.69 Å². The van der Waals surface area contributed by atoms with E-state index in [2.05, 4.69) is 22.4 Å². The predicted octanol–water partition coefficient (Wildman–Crippen LogP) is 3.42. The molecule has 0 aliphatic heterocycles. The number of amides is 1. The summed E-state index contributed by atoms with van der Waals surface area (Å²) in [6.07, 6.45) is 4.94. The van der Waals surface area contributed by atoms with Crippen molar-refractivity contribution < 1.29 is 9.72 Å². The number of carbonyl (C=O) groups is 1. The number of nitro benzene ring substituents is 1. The zero-order chi connectivity index (χ0) is 18.2. The number of unbranched alkanes of at least 4 members (excludes halogenated alkanes) is 2. The third-order valence-corrected chi connectivity index (χ3v) is 4.61. The summed E-state index contributed by atoms with van der Waals surface area (Å²) in [4.78, 5) is 22.8. The molecule has 8 nitrogen and oxygen atoms in total. The van der Waals surface area contributed by atoms with Gasteiger partial charge in [0, 0.05) is 12.6 Å². The van der Waals surface area contributed by atoms with E-state index >= 15 is 0 Å². The Balaban J connectivity index is 1.96. The van der Waals surface area contributed by atoms with Crippen molar-refractivity contribution in [3.8, 4) is 0 Å². The monoisotopic (exact) mass is 363 g/mol. The lowest BCUT2D eigenvalue weighted by Crippen LogP contribution is -2.16. The van der Waals surface area contributed by atoms with E-state index in [1.807, 2.05) is 4.57 Å². The van der Waals surface area contributed by atoms with Crippen LogP contribution in [0.1, 0.15) is 31.7 Å². The van der Waals surface area contributed by atoms with Crippen LogP contribution in [-0.4, -0.2) is 31.3 Å². The Morgan fingerprint density at radius 3 is 2.92 bits per heavy atom. The number of anilines is 1. The van der Waals surface area contributed by atoms with Crippen LogP contribution in [0.4, 0.5) is 11.4 Å². The van der Waals surface area contributed by atoms with Crippen LogP contribution in [-0.2, 0) is 11.3 Å². The van der Waals surface area contributed by atoms with Gasteiger partial charge in [-0.3, -0.25) is 14.9 Å². The molecule has 0 bridgehead atoms. The highest BCUT2D eigenvalue weighted by atomic mass is 32.2. The zero-order valence-electron chi connectivity index (χ0n) is 14.3. The number of hydrogen-bond acceptors (Lipinski definition) is 6. The van der Waals surface area contributed by atoms with Gasteiger partial charge in [0.2, 0.25) is 5.91 Å². The fraction of sp³-hybridized carbons (Fsp3) is 0.438. The standard InChI is InChI=1S/C16H21N5O3S/c1-3-4-5-9-20-11-17-19-16(20)25-10-14(22)18-15-12(2)7-6-8-13(15)21(23)24/h6-8,11H,3-5,9-10H2,1-2H3,(H,18,22). The van der Waals surface area contributed by atoms with Crippen LogP contribution in [0.15, 0.2) is 29.7 Å². The summed E-state index contributed by atoms with van der Waals surface area (Å²) in [5.74, 6) is -0.205. The van der Waals surface area contributed by atoms with Crippen LogP contribution in [0, 0.1) is 17.0 Å². The molecule has 1 N–H and O–H groups in total. The van der Waals surface area contributed by atoms with Crippen LogP contribution in [0.25, 0.3) is 0 Å². The van der Waals surface area contributed by atoms with E-state index in [0.717, 1.165) is 25.8 Å². The molecule has 0 fully saturated rings. The minimum Gasteiger partial charge on any atom is -0.319 e. The van der Waals surface area contributed by atoms with E-state index in [0.29, 0.717) is 10.7 Å². The average Bonchev–Trinajstić information content (AvgIpc) is 3.02. The molecule has 2 rings (SSSR count). The third-order valence-electron chi connectivity index (χ3n) is 3.63. The van der Waals surface area contributed by atoms with Crippen molar-refractivity contribution >= 4 is 29.0 Å². The zero-order valence-corrected chi connectivity index (χ0v) is 15.1. The maximum Gasteiger partial charge on any atom is 0.293 e. The van der Waals surface area contributed by atoms with Crippen LogP contribution < -0.4 is 5.32 Å². The largest absolute Gasteiger partial charge is 0.319 e. The Morgan fingerprint density at radius 2 is 2.20 bits per heavy atom. The number of aryl methyl sites for hydroxylation is 2. The highest BCUT2D eigenvalue weighted by Crippen LogP contribution is 2.28. The molecule has 0 unspecified atom stereocenters. The maximum atomic E-state index is 12.2. The van der Waals surface area contributed by atoms with Crippen molar-refractivity contribution in [2.24, 2.45) is 0 Å². The lowest BCUT2D eigenvalue weighted by atomic mass is 10.1. The molecule has 1 heterocycles. The fourth-order valence-corrected chi connectivity index (χ4v) is 3.06. The Bertz CT molecular complexity index is 747. The molecule has 0 atom stereocenters. The number of carbonyl (C=O) groups excluding carboxylic acids is 1. The van der Waals surface area contributed by atoms with Gasteiger partial charge in [0.1, 0.15) is 12.0 Å². The number of benzene rings is 1. The number of para-hydroxylation sites is 1. The quantitative estimate of drug-likeness (QED) is 0.317. The SMILES string of the molecule is CCCCCn1cnnc1SCC(=O)Nc1c(C)cccc1[N+](=O)[O-]. The molecule has 0 aliphatic rings. The van der Waals surface area contributed by atoms with Gasteiger partial charge in [-0.1, -0.05) is 43.7 Å². The Kier molecular flexibility index (Phi) is 6.93. The van der Waals surface area contributed by atoms with E-state index in [4.69, 9.17) is 0 Å². The van der Waals surface area contributed by atoms with Crippen molar-refractivity contribution in [2.45, 2.75) is 44.8 Å². The van der Waals surface area contributed by atoms with Gasteiger partial charge in [-0.2, -0.15) is 0 Å². The number of nitro groups is 1. The van der Waals surface area contributed by atoms with E-state index in [1.165, 1.54) is 17.8 Å². The summed E-state index contributed by atoms with van der Waals surface area (Å²) < 4.78 is 1.92. The fourth-order valence-electron chi connectivity index (χ4n) is 2.31. The number of rotatable bonds is 9. The lowest BCUT2D eigenvalue weighted by molar-refractivity contribution is -0.384. The second-order valence-electron chi connectivity index (χ2n) is 5.58. The number of nitrogens with one attached hydrogen (secondary N) is 1. The summed E-state index contributed by atoms with van der Waals surface area (Å²) in [7, 11) is 0. The first-order valence-electron chi connectivity index (χ1n) is 8.07. The van der Waals surface area contributed by atoms with Crippen molar-refractivity contribution in [3.63, 3.8) is 0 Å². The smallest absolute Gasteiger partial charge is 0.293 e. The minimum atomic E-state index is -0.500. The molecule has 134 valence electrons. The molecule has 1 amide bonds. The summed E-state index contributed by atoms with van der Waals surface area (Å²) in [5, 5.41) is 22.3. The average molecular weight is 363 g/mol. The number of thioether (sulfide) groups is 1. The van der Waals surface area contributed by atoms with Crippen LogP contribution in [0.5, 0.6) is 0 Å². The van der Waals surface area contributed by atoms with Gasteiger partial charge in [-0.15, -0.1) is 10.2 Å². The normalized spacial score (nSPS) is 10.6. The van der Waals surface area contributed by atoms with Crippen LogP contribution in [0.3, 0.4) is 0 Å². The molecule has 9 heteroatoms. The topological polar surface area (TPSA) is 103 Å². The van der Waals surface area contributed by atoms with Crippen molar-refractivity contribution in [2.75, 3.05) is 11.1 Å². The Labute approximate surface area is 150 Å². The van der Waals surface area contributed by atoms with Crippen LogP contribution >= 0.6 is 11.8 Å². The van der Waals surface area contributed by atoms with Crippen LogP contribution in [0.2, 0.25) is 0 Å². The molecule has 25 heavy (non-hydrogen) atoms. The second kappa shape index (κ2) is 9.16. The summed E-state index contributed by atoms with van der Waals surface area (Å²) in [6.45, 7) is 4.67. The number of hydrogen-bond donors (Lipinski definition) is 1. The molecule has 0 spiro atoms. The van der Waals surface area contributed by atoms with E-state index in [1.54, 1.807) is 25.4 Å². The van der Waals surface area contributed by atoms with Crippen molar-refractivity contribution in [1.29, 1.82) is 0 Å². The Hall–Kier alpha value is -2.42. The minimum absolute atomic E-state index is 0.109. The van der Waals surface area contributed by atoms with Gasteiger partial charge in [-0.25, -0.2) is 0 Å². The molecule has 1 aromatic heterocycles. The van der Waals surface area contributed by atoms with E-state index < -0.39 is 4.92 Å². The molecular weight excluding hydrogens is 342 g/mol. The van der Waals surface area contributed by atoms with Crippen molar-refractivity contribution in [3.05, 3.63) is 40.2 Å². The number of nitrogens with zero attached hydrogens (tertiary/aromatic N) is 4. The molecule has 1 aromatic carbocycles. The number of aromatic nitrogens is 3. The first-order valence-corrected chi connectivity index (χ1v) is 9.06. The van der Waals surface area contributed by atoms with Gasteiger partial charge in [0.15, 0.2) is 5.16 Å². The molecule has 2 aromatic rings. The van der Waals surface area contributed by atoms with Gasteiger partial charge >= 0.3 is 0 Å². The van der Waals surface area contributed by atoms with Gasteiger partial charge < -0.3 is 9.88 Å². The summed E-state index contributed by atoms with van der Waals surface area (Å²) in [5.41, 5.74) is 0.777. The highest BCUT2D eigenvalue weighted by Gasteiger charge is 2.18. The van der Waals surface area contributed by atoms with E-state index in [9.17, 15) is 14.9 Å². The first-order chi connectivity index (χ1) is 12.0. The maximum absolute atomic E-state index is 12.2. The lowest BCUT2D eigenvalue weighted by Gasteiger charge is -2.09. The Morgan fingerprint density at radius 1 is 1.40 bits per heavy atom. The molecule has 0 radical (unpaired) electrons. The first kappa shape index (κ1) is 18.9. The van der Waals surface area contributed by atoms with Gasteiger partial charge in [-0.05, 0) is 18.9 Å². The molecule has 0 saturated carbocycles. The van der Waals surface area contributed by atoms with E-state index in [-0.39, 0.29) is 23.0 Å². The van der Waals surface area contributed by atoms with Crippen molar-refractivity contribution in [1.82, 2.24) is 14.8 Å². The summed E-state index contributed by atoms with van der Waals surface area (Å²) in [6, 6.07) is 4.69. The third kappa shape index (κ3) is 5.28.